The molecule has 1 fully saturated rings. The first-order valence-corrected chi connectivity index (χ1v) is 5.93. The molecule has 1 heterocycles. The Labute approximate surface area is 97.2 Å². The fourth-order valence-electron chi connectivity index (χ4n) is 2.30. The molecule has 0 unspecified atom stereocenters. The average Bonchev–Trinajstić information content (AvgIpc) is 2.39. The summed E-state index contributed by atoms with van der Waals surface area (Å²) < 4.78 is 5.39. The first kappa shape index (κ1) is 11.3. The summed E-state index contributed by atoms with van der Waals surface area (Å²) in [5, 5.41) is 0. The predicted octanol–water partition coefficient (Wildman–Crippen LogP) is 1.87. The maximum Gasteiger partial charge on any atom is 0.142 e. The van der Waals surface area contributed by atoms with Crippen molar-refractivity contribution in [2.45, 2.75) is 12.8 Å². The van der Waals surface area contributed by atoms with Gasteiger partial charge in [-0.05, 0) is 37.4 Å². The monoisotopic (exact) mass is 220 g/mol. The molecule has 0 radical (unpaired) electrons. The fourth-order valence-corrected chi connectivity index (χ4v) is 2.30. The zero-order valence-corrected chi connectivity index (χ0v) is 9.86. The van der Waals surface area contributed by atoms with E-state index in [1.807, 2.05) is 12.1 Å². The topological polar surface area (TPSA) is 38.5 Å². The Kier molecular flexibility index (Phi) is 3.67. The van der Waals surface area contributed by atoms with E-state index >= 15 is 0 Å². The van der Waals surface area contributed by atoms with E-state index in [4.69, 9.17) is 10.5 Å². The molecule has 0 amide bonds. The van der Waals surface area contributed by atoms with Crippen LogP contribution in [-0.4, -0.2) is 26.7 Å². The second kappa shape index (κ2) is 5.21. The lowest BCUT2D eigenvalue weighted by molar-refractivity contribution is 0.396. The molecule has 2 N–H and O–H groups in total. The zero-order valence-electron chi connectivity index (χ0n) is 9.86. The van der Waals surface area contributed by atoms with Gasteiger partial charge in [-0.2, -0.15) is 0 Å². The fraction of sp³-hybridized carbons (Fsp3) is 0.538. The molecule has 1 saturated heterocycles. The van der Waals surface area contributed by atoms with Gasteiger partial charge in [-0.15, -0.1) is 0 Å². The van der Waals surface area contributed by atoms with E-state index in [1.165, 1.54) is 18.5 Å². The Bertz CT molecular complexity index is 332. The van der Waals surface area contributed by atoms with Crippen molar-refractivity contribution in [2.24, 2.45) is 11.7 Å². The van der Waals surface area contributed by atoms with Crippen molar-refractivity contribution in [1.29, 1.82) is 0 Å². The number of ether oxygens (including phenoxy) is 1. The SMILES string of the molecule is COc1ccccc1N1CCC(CN)CC1. The van der Waals surface area contributed by atoms with Crippen LogP contribution in [0.1, 0.15) is 12.8 Å². The van der Waals surface area contributed by atoms with Gasteiger partial charge in [0, 0.05) is 13.1 Å². The summed E-state index contributed by atoms with van der Waals surface area (Å²) in [5.41, 5.74) is 6.91. The van der Waals surface area contributed by atoms with Crippen LogP contribution in [0.4, 0.5) is 5.69 Å². The van der Waals surface area contributed by atoms with Crippen LogP contribution in [-0.2, 0) is 0 Å². The van der Waals surface area contributed by atoms with Gasteiger partial charge in [-0.25, -0.2) is 0 Å². The van der Waals surface area contributed by atoms with Gasteiger partial charge < -0.3 is 15.4 Å². The van der Waals surface area contributed by atoms with E-state index in [0.29, 0.717) is 5.92 Å². The van der Waals surface area contributed by atoms with Gasteiger partial charge in [0.1, 0.15) is 5.75 Å². The molecule has 3 nitrogen and oxygen atoms in total. The third-order valence-electron chi connectivity index (χ3n) is 3.37. The molecule has 1 aliphatic rings. The largest absolute Gasteiger partial charge is 0.495 e. The third kappa shape index (κ3) is 2.30. The molecule has 0 aliphatic carbocycles. The standard InChI is InChI=1S/C13H20N2O/c1-16-13-5-3-2-4-12(13)15-8-6-11(10-14)7-9-15/h2-5,11H,6-10,14H2,1H3. The summed E-state index contributed by atoms with van der Waals surface area (Å²) in [6.07, 6.45) is 2.38. The first-order valence-electron chi connectivity index (χ1n) is 5.93. The van der Waals surface area contributed by atoms with Crippen molar-refractivity contribution >= 4 is 5.69 Å². The van der Waals surface area contributed by atoms with Crippen molar-refractivity contribution in [3.8, 4) is 5.75 Å². The lowest BCUT2D eigenvalue weighted by Crippen LogP contribution is -2.36. The van der Waals surface area contributed by atoms with Crippen LogP contribution in [0.5, 0.6) is 5.75 Å². The van der Waals surface area contributed by atoms with Crippen LogP contribution in [0.2, 0.25) is 0 Å². The van der Waals surface area contributed by atoms with Gasteiger partial charge in [0.05, 0.1) is 12.8 Å². The molecule has 0 saturated carbocycles. The number of nitrogens with two attached hydrogens (primary N) is 1. The molecule has 0 spiro atoms. The minimum absolute atomic E-state index is 0.700. The lowest BCUT2D eigenvalue weighted by atomic mass is 9.96. The van der Waals surface area contributed by atoms with E-state index in [-0.39, 0.29) is 0 Å². The van der Waals surface area contributed by atoms with E-state index < -0.39 is 0 Å². The first-order chi connectivity index (χ1) is 7.85. The number of benzene rings is 1. The number of piperidine rings is 1. The molecular formula is C13H20N2O. The number of anilines is 1. The summed E-state index contributed by atoms with van der Waals surface area (Å²) in [6, 6.07) is 8.22. The Morgan fingerprint density at radius 3 is 2.62 bits per heavy atom. The van der Waals surface area contributed by atoms with Crippen LogP contribution in [0.15, 0.2) is 24.3 Å². The Morgan fingerprint density at radius 2 is 2.00 bits per heavy atom. The average molecular weight is 220 g/mol. The highest BCUT2D eigenvalue weighted by Crippen LogP contribution is 2.30. The smallest absolute Gasteiger partial charge is 0.142 e. The number of nitrogens with zero attached hydrogens (tertiary/aromatic N) is 1. The van der Waals surface area contributed by atoms with Crippen LogP contribution >= 0.6 is 0 Å². The number of para-hydroxylation sites is 2. The van der Waals surface area contributed by atoms with Crippen LogP contribution < -0.4 is 15.4 Å². The maximum absolute atomic E-state index is 5.70. The Balaban J connectivity index is 2.07. The van der Waals surface area contributed by atoms with Crippen molar-refractivity contribution in [3.63, 3.8) is 0 Å². The van der Waals surface area contributed by atoms with Crippen LogP contribution in [0, 0.1) is 5.92 Å². The van der Waals surface area contributed by atoms with Gasteiger partial charge in [0.25, 0.3) is 0 Å². The summed E-state index contributed by atoms with van der Waals surface area (Å²) in [5.74, 6) is 1.67. The summed E-state index contributed by atoms with van der Waals surface area (Å²) in [7, 11) is 1.73. The van der Waals surface area contributed by atoms with Crippen molar-refractivity contribution in [2.75, 3.05) is 31.6 Å². The summed E-state index contributed by atoms with van der Waals surface area (Å²) >= 11 is 0. The normalized spacial score (nSPS) is 17.5. The number of hydrogen-bond acceptors (Lipinski definition) is 3. The molecule has 1 aromatic rings. The molecule has 3 heteroatoms. The highest BCUT2D eigenvalue weighted by Gasteiger charge is 2.19. The minimum atomic E-state index is 0.700. The van der Waals surface area contributed by atoms with Crippen LogP contribution in [0.25, 0.3) is 0 Å². The molecule has 1 aliphatic heterocycles. The molecule has 0 bridgehead atoms. The Morgan fingerprint density at radius 1 is 1.31 bits per heavy atom. The lowest BCUT2D eigenvalue weighted by Gasteiger charge is -2.33. The quantitative estimate of drug-likeness (QED) is 0.845. The van der Waals surface area contributed by atoms with E-state index in [9.17, 15) is 0 Å². The zero-order chi connectivity index (χ0) is 11.4. The minimum Gasteiger partial charge on any atom is -0.495 e. The Hall–Kier alpha value is -1.22. The second-order valence-corrected chi connectivity index (χ2v) is 4.34. The van der Waals surface area contributed by atoms with Gasteiger partial charge in [0.2, 0.25) is 0 Å². The molecule has 16 heavy (non-hydrogen) atoms. The number of hydrogen-bond donors (Lipinski definition) is 1. The third-order valence-corrected chi connectivity index (χ3v) is 3.37. The van der Waals surface area contributed by atoms with E-state index in [0.717, 1.165) is 25.4 Å². The molecule has 88 valence electrons. The summed E-state index contributed by atoms with van der Waals surface area (Å²) in [4.78, 5) is 2.39. The van der Waals surface area contributed by atoms with Gasteiger partial charge in [0.15, 0.2) is 0 Å². The highest BCUT2D eigenvalue weighted by molar-refractivity contribution is 5.58. The predicted molar refractivity (Wildman–Crippen MR) is 67.0 cm³/mol. The van der Waals surface area contributed by atoms with Gasteiger partial charge in [-0.3, -0.25) is 0 Å². The highest BCUT2D eigenvalue weighted by atomic mass is 16.5. The summed E-state index contributed by atoms with van der Waals surface area (Å²) in [6.45, 7) is 2.99. The molecular weight excluding hydrogens is 200 g/mol. The maximum atomic E-state index is 5.70. The molecule has 0 atom stereocenters. The van der Waals surface area contributed by atoms with E-state index in [1.54, 1.807) is 7.11 Å². The number of rotatable bonds is 3. The molecule has 0 aromatic heterocycles. The van der Waals surface area contributed by atoms with Crippen molar-refractivity contribution in [1.82, 2.24) is 0 Å². The van der Waals surface area contributed by atoms with Crippen molar-refractivity contribution < 1.29 is 4.74 Å². The molecule has 1 aromatic carbocycles. The number of methoxy groups -OCH3 is 1. The second-order valence-electron chi connectivity index (χ2n) is 4.34. The van der Waals surface area contributed by atoms with E-state index in [2.05, 4.69) is 17.0 Å². The van der Waals surface area contributed by atoms with Crippen LogP contribution in [0.3, 0.4) is 0 Å². The molecule has 2 rings (SSSR count). The van der Waals surface area contributed by atoms with Crippen molar-refractivity contribution in [3.05, 3.63) is 24.3 Å². The van der Waals surface area contributed by atoms with Gasteiger partial charge in [-0.1, -0.05) is 12.1 Å². The van der Waals surface area contributed by atoms with Gasteiger partial charge >= 0.3 is 0 Å².